The van der Waals surface area contributed by atoms with Crippen LogP contribution in [0.3, 0.4) is 0 Å². The quantitative estimate of drug-likeness (QED) is 0.647. The van der Waals surface area contributed by atoms with Crippen molar-refractivity contribution in [3.8, 4) is 0 Å². The van der Waals surface area contributed by atoms with Gasteiger partial charge in [-0.2, -0.15) is 5.10 Å². The molecule has 2 N–H and O–H groups in total. The normalized spacial score (nSPS) is 13.5. The summed E-state index contributed by atoms with van der Waals surface area (Å²) in [7, 11) is 1.91. The standard InChI is InChI=1S/C7H13N3/c1-6(3-8)7-4-9-10(2)5-7/h4-6H,3,8H2,1-2H3. The van der Waals surface area contributed by atoms with Crippen molar-refractivity contribution in [3.63, 3.8) is 0 Å². The molecule has 0 aliphatic carbocycles. The third-order valence-electron chi connectivity index (χ3n) is 1.65. The number of hydrogen-bond donors (Lipinski definition) is 1. The molecule has 0 amide bonds. The average Bonchev–Trinajstić information content (AvgIpc) is 2.34. The highest BCUT2D eigenvalue weighted by Gasteiger charge is 2.03. The Kier molecular flexibility index (Phi) is 2.06. The molecule has 3 nitrogen and oxygen atoms in total. The van der Waals surface area contributed by atoms with Gasteiger partial charge in [-0.15, -0.1) is 0 Å². The first-order valence-corrected chi connectivity index (χ1v) is 3.42. The number of nitrogens with zero attached hydrogens (tertiary/aromatic N) is 2. The molecule has 1 atom stereocenters. The molecule has 1 aromatic heterocycles. The zero-order chi connectivity index (χ0) is 7.56. The molecule has 0 aliphatic heterocycles. The molecule has 10 heavy (non-hydrogen) atoms. The summed E-state index contributed by atoms with van der Waals surface area (Å²) in [6.07, 6.45) is 3.86. The predicted octanol–water partition coefficient (Wildman–Crippen LogP) is 0.482. The zero-order valence-corrected chi connectivity index (χ0v) is 6.41. The van der Waals surface area contributed by atoms with E-state index < -0.39 is 0 Å². The molecule has 1 unspecified atom stereocenters. The predicted molar refractivity (Wildman–Crippen MR) is 40.7 cm³/mol. The fraction of sp³-hybridized carbons (Fsp3) is 0.571. The van der Waals surface area contributed by atoms with Crippen LogP contribution in [-0.4, -0.2) is 16.3 Å². The van der Waals surface area contributed by atoms with Crippen LogP contribution < -0.4 is 5.73 Å². The zero-order valence-electron chi connectivity index (χ0n) is 6.41. The fourth-order valence-corrected chi connectivity index (χ4v) is 0.831. The number of hydrogen-bond acceptors (Lipinski definition) is 2. The van der Waals surface area contributed by atoms with Gasteiger partial charge in [-0.3, -0.25) is 4.68 Å². The lowest BCUT2D eigenvalue weighted by molar-refractivity contribution is 0.754. The van der Waals surface area contributed by atoms with Crippen LogP contribution in [0.25, 0.3) is 0 Å². The van der Waals surface area contributed by atoms with Crippen molar-refractivity contribution < 1.29 is 0 Å². The number of aromatic nitrogens is 2. The highest BCUT2D eigenvalue weighted by molar-refractivity contribution is 5.09. The van der Waals surface area contributed by atoms with E-state index >= 15 is 0 Å². The van der Waals surface area contributed by atoms with E-state index in [4.69, 9.17) is 5.73 Å². The van der Waals surface area contributed by atoms with Crippen molar-refractivity contribution in [1.29, 1.82) is 0 Å². The van der Waals surface area contributed by atoms with Crippen molar-refractivity contribution in [2.75, 3.05) is 6.54 Å². The van der Waals surface area contributed by atoms with Gasteiger partial charge >= 0.3 is 0 Å². The van der Waals surface area contributed by atoms with E-state index in [2.05, 4.69) is 12.0 Å². The van der Waals surface area contributed by atoms with E-state index in [0.29, 0.717) is 12.5 Å². The van der Waals surface area contributed by atoms with E-state index in [1.165, 1.54) is 5.56 Å². The van der Waals surface area contributed by atoms with Crippen molar-refractivity contribution in [1.82, 2.24) is 9.78 Å². The van der Waals surface area contributed by atoms with Gasteiger partial charge in [-0.1, -0.05) is 6.92 Å². The van der Waals surface area contributed by atoms with Crippen LogP contribution in [0.5, 0.6) is 0 Å². The van der Waals surface area contributed by atoms with Gasteiger partial charge in [-0.05, 0) is 18.0 Å². The molecule has 56 valence electrons. The van der Waals surface area contributed by atoms with Gasteiger partial charge in [0.2, 0.25) is 0 Å². The summed E-state index contributed by atoms with van der Waals surface area (Å²) < 4.78 is 1.79. The second-order valence-electron chi connectivity index (χ2n) is 2.58. The second-order valence-corrected chi connectivity index (χ2v) is 2.58. The molecule has 0 aromatic carbocycles. The summed E-state index contributed by atoms with van der Waals surface area (Å²) in [5, 5.41) is 4.05. The van der Waals surface area contributed by atoms with Gasteiger partial charge in [0.1, 0.15) is 0 Å². The monoisotopic (exact) mass is 139 g/mol. The molecule has 0 aliphatic rings. The Balaban J connectivity index is 2.74. The van der Waals surface area contributed by atoms with Crippen LogP contribution >= 0.6 is 0 Å². The third kappa shape index (κ3) is 1.36. The lowest BCUT2D eigenvalue weighted by Gasteiger charge is -2.02. The molecule has 0 saturated heterocycles. The Morgan fingerprint density at radius 1 is 1.80 bits per heavy atom. The summed E-state index contributed by atoms with van der Waals surface area (Å²) in [6.45, 7) is 2.78. The average molecular weight is 139 g/mol. The van der Waals surface area contributed by atoms with Crippen LogP contribution in [0.4, 0.5) is 0 Å². The molecule has 0 saturated carbocycles. The van der Waals surface area contributed by atoms with Gasteiger partial charge < -0.3 is 5.73 Å². The Hall–Kier alpha value is -0.830. The van der Waals surface area contributed by atoms with E-state index in [9.17, 15) is 0 Å². The molecule has 0 fully saturated rings. The lowest BCUT2D eigenvalue weighted by Crippen LogP contribution is -2.07. The molecule has 1 aromatic rings. The van der Waals surface area contributed by atoms with Crippen molar-refractivity contribution in [2.45, 2.75) is 12.8 Å². The molecule has 0 radical (unpaired) electrons. The molecular weight excluding hydrogens is 126 g/mol. The summed E-state index contributed by atoms with van der Waals surface area (Å²) >= 11 is 0. The minimum Gasteiger partial charge on any atom is -0.330 e. The minimum atomic E-state index is 0.425. The number of aryl methyl sites for hydroxylation is 1. The van der Waals surface area contributed by atoms with Gasteiger partial charge in [0, 0.05) is 13.2 Å². The molecule has 0 spiro atoms. The summed E-state index contributed by atoms with van der Waals surface area (Å²) in [6, 6.07) is 0. The number of rotatable bonds is 2. The van der Waals surface area contributed by atoms with Gasteiger partial charge in [0.05, 0.1) is 6.20 Å². The Morgan fingerprint density at radius 3 is 2.90 bits per heavy atom. The number of nitrogens with two attached hydrogens (primary N) is 1. The largest absolute Gasteiger partial charge is 0.330 e. The second kappa shape index (κ2) is 2.84. The highest BCUT2D eigenvalue weighted by atomic mass is 15.2. The van der Waals surface area contributed by atoms with E-state index in [-0.39, 0.29) is 0 Å². The first-order valence-electron chi connectivity index (χ1n) is 3.42. The van der Waals surface area contributed by atoms with Gasteiger partial charge in [0.25, 0.3) is 0 Å². The van der Waals surface area contributed by atoms with Crippen LogP contribution in [0, 0.1) is 0 Å². The molecule has 3 heteroatoms. The van der Waals surface area contributed by atoms with Crippen molar-refractivity contribution >= 4 is 0 Å². The lowest BCUT2D eigenvalue weighted by atomic mass is 10.1. The summed E-state index contributed by atoms with van der Waals surface area (Å²) in [5.74, 6) is 0.425. The maximum Gasteiger partial charge on any atom is 0.0524 e. The van der Waals surface area contributed by atoms with Crippen LogP contribution in [0.15, 0.2) is 12.4 Å². The Morgan fingerprint density at radius 2 is 2.50 bits per heavy atom. The Bertz CT molecular complexity index is 204. The fourth-order valence-electron chi connectivity index (χ4n) is 0.831. The molecule has 1 rings (SSSR count). The maximum absolute atomic E-state index is 5.48. The van der Waals surface area contributed by atoms with Crippen molar-refractivity contribution in [2.24, 2.45) is 12.8 Å². The third-order valence-corrected chi connectivity index (χ3v) is 1.65. The van der Waals surface area contributed by atoms with Gasteiger partial charge in [0.15, 0.2) is 0 Å². The first kappa shape index (κ1) is 7.28. The van der Waals surface area contributed by atoms with Crippen LogP contribution in [0.1, 0.15) is 18.4 Å². The van der Waals surface area contributed by atoms with Crippen molar-refractivity contribution in [3.05, 3.63) is 18.0 Å². The van der Waals surface area contributed by atoms with Crippen LogP contribution in [-0.2, 0) is 7.05 Å². The maximum atomic E-state index is 5.48. The van der Waals surface area contributed by atoms with E-state index in [1.807, 2.05) is 19.4 Å². The van der Waals surface area contributed by atoms with Crippen LogP contribution in [0.2, 0.25) is 0 Å². The smallest absolute Gasteiger partial charge is 0.0524 e. The summed E-state index contributed by atoms with van der Waals surface area (Å²) in [5.41, 5.74) is 6.69. The minimum absolute atomic E-state index is 0.425. The molecule has 0 bridgehead atoms. The molecule has 1 heterocycles. The molecular formula is C7H13N3. The highest BCUT2D eigenvalue weighted by Crippen LogP contribution is 2.10. The van der Waals surface area contributed by atoms with E-state index in [1.54, 1.807) is 4.68 Å². The first-order chi connectivity index (χ1) is 4.74. The summed E-state index contributed by atoms with van der Waals surface area (Å²) in [4.78, 5) is 0. The Labute approximate surface area is 60.8 Å². The topological polar surface area (TPSA) is 43.8 Å². The van der Waals surface area contributed by atoms with E-state index in [0.717, 1.165) is 0 Å². The SMILES string of the molecule is CC(CN)c1cnn(C)c1. The van der Waals surface area contributed by atoms with Gasteiger partial charge in [-0.25, -0.2) is 0 Å².